The van der Waals surface area contributed by atoms with Crippen LogP contribution >= 0.6 is 0 Å². The van der Waals surface area contributed by atoms with Gasteiger partial charge in [-0.05, 0) is 55.2 Å². The third-order valence-corrected chi connectivity index (χ3v) is 8.34. The molecule has 9 heteroatoms. The molecule has 0 aromatic heterocycles. The zero-order valence-corrected chi connectivity index (χ0v) is 20.5. The van der Waals surface area contributed by atoms with E-state index in [2.05, 4.69) is 19.2 Å². The van der Waals surface area contributed by atoms with Crippen molar-refractivity contribution in [2.45, 2.75) is 39.5 Å². The Morgan fingerprint density at radius 2 is 1.75 bits per heavy atom. The van der Waals surface area contributed by atoms with Crippen molar-refractivity contribution in [2.24, 2.45) is 17.8 Å². The maximum Gasteiger partial charge on any atom is 0.282 e. The van der Waals surface area contributed by atoms with E-state index in [4.69, 9.17) is 9.47 Å². The molecule has 1 amide bonds. The van der Waals surface area contributed by atoms with Gasteiger partial charge in [0.1, 0.15) is 0 Å². The molecular formula is C23H37N3O5S. The highest BCUT2D eigenvalue weighted by atomic mass is 32.2. The van der Waals surface area contributed by atoms with E-state index in [-0.39, 0.29) is 18.4 Å². The number of ether oxygens (including phenoxy) is 2. The summed E-state index contributed by atoms with van der Waals surface area (Å²) in [6.07, 6.45) is 3.12. The van der Waals surface area contributed by atoms with Crippen LogP contribution in [0.1, 0.15) is 38.7 Å². The second kappa shape index (κ2) is 10.9. The van der Waals surface area contributed by atoms with E-state index in [0.717, 1.165) is 12.0 Å². The zero-order chi connectivity index (χ0) is 23.3. The van der Waals surface area contributed by atoms with Gasteiger partial charge in [0.2, 0.25) is 5.91 Å². The number of amides is 1. The van der Waals surface area contributed by atoms with Crippen molar-refractivity contribution >= 4 is 16.1 Å². The highest BCUT2D eigenvalue weighted by Gasteiger charge is 2.38. The predicted octanol–water partition coefficient (Wildman–Crippen LogP) is 2.30. The summed E-state index contributed by atoms with van der Waals surface area (Å²) in [4.78, 5) is 12.8. The number of rotatable bonds is 8. The van der Waals surface area contributed by atoms with Crippen LogP contribution in [0.15, 0.2) is 18.2 Å². The van der Waals surface area contributed by atoms with Crippen LogP contribution in [0.4, 0.5) is 0 Å². The summed E-state index contributed by atoms with van der Waals surface area (Å²) < 4.78 is 40.1. The molecule has 0 bridgehead atoms. The SMILES string of the molecule is COc1ccc(CCNC(=O)[C@H]2CCCN(S(=O)(=O)N3C[C@H](C)C[C@H](C)C3)C2)cc1OC. The van der Waals surface area contributed by atoms with Gasteiger partial charge >= 0.3 is 0 Å². The number of carbonyl (C=O) groups excluding carboxylic acids is 1. The van der Waals surface area contributed by atoms with E-state index in [1.165, 1.54) is 4.31 Å². The van der Waals surface area contributed by atoms with Gasteiger partial charge in [0, 0.05) is 32.7 Å². The lowest BCUT2D eigenvalue weighted by molar-refractivity contribution is -0.126. The molecule has 0 aliphatic carbocycles. The normalized spacial score (nSPS) is 25.3. The lowest BCUT2D eigenvalue weighted by atomic mass is 9.94. The number of carbonyl (C=O) groups is 1. The van der Waals surface area contributed by atoms with Gasteiger partial charge in [0.15, 0.2) is 11.5 Å². The first kappa shape index (κ1) is 24.8. The van der Waals surface area contributed by atoms with Crippen molar-refractivity contribution in [1.29, 1.82) is 0 Å². The van der Waals surface area contributed by atoms with Crippen LogP contribution in [-0.2, 0) is 21.4 Å². The minimum absolute atomic E-state index is 0.0780. The Labute approximate surface area is 192 Å². The van der Waals surface area contributed by atoms with Crippen molar-refractivity contribution in [2.75, 3.05) is 46.9 Å². The van der Waals surface area contributed by atoms with Gasteiger partial charge < -0.3 is 14.8 Å². The molecule has 2 heterocycles. The number of methoxy groups -OCH3 is 2. The molecule has 2 fully saturated rings. The molecule has 3 rings (SSSR count). The molecule has 1 N–H and O–H groups in total. The van der Waals surface area contributed by atoms with Crippen molar-refractivity contribution in [1.82, 2.24) is 13.9 Å². The van der Waals surface area contributed by atoms with Crippen LogP contribution in [0, 0.1) is 17.8 Å². The fourth-order valence-corrected chi connectivity index (χ4v) is 6.77. The molecule has 2 aliphatic heterocycles. The van der Waals surface area contributed by atoms with Crippen molar-refractivity contribution in [3.63, 3.8) is 0 Å². The summed E-state index contributed by atoms with van der Waals surface area (Å²) in [5.74, 6) is 1.64. The van der Waals surface area contributed by atoms with E-state index in [1.807, 2.05) is 18.2 Å². The van der Waals surface area contributed by atoms with E-state index in [9.17, 15) is 13.2 Å². The van der Waals surface area contributed by atoms with Gasteiger partial charge in [0.05, 0.1) is 20.1 Å². The minimum atomic E-state index is -3.53. The summed E-state index contributed by atoms with van der Waals surface area (Å²) in [5, 5.41) is 2.99. The van der Waals surface area contributed by atoms with Crippen molar-refractivity contribution in [3.8, 4) is 11.5 Å². The van der Waals surface area contributed by atoms with E-state index < -0.39 is 10.2 Å². The van der Waals surface area contributed by atoms with Crippen LogP contribution in [0.25, 0.3) is 0 Å². The summed E-state index contributed by atoms with van der Waals surface area (Å²) in [7, 11) is -0.344. The molecule has 0 spiro atoms. The van der Waals surface area contributed by atoms with Gasteiger partial charge in [-0.25, -0.2) is 0 Å². The molecular weight excluding hydrogens is 430 g/mol. The Balaban J connectivity index is 1.54. The molecule has 1 aromatic rings. The van der Waals surface area contributed by atoms with E-state index in [1.54, 1.807) is 18.5 Å². The largest absolute Gasteiger partial charge is 0.493 e. The van der Waals surface area contributed by atoms with E-state index >= 15 is 0 Å². The molecule has 180 valence electrons. The first-order valence-electron chi connectivity index (χ1n) is 11.5. The number of nitrogens with zero attached hydrogens (tertiary/aromatic N) is 2. The second-order valence-electron chi connectivity index (χ2n) is 9.20. The first-order chi connectivity index (χ1) is 15.2. The fourth-order valence-electron chi connectivity index (χ4n) is 4.83. The molecule has 1 aromatic carbocycles. The Morgan fingerprint density at radius 3 is 2.41 bits per heavy atom. The number of hydrogen-bond acceptors (Lipinski definition) is 5. The zero-order valence-electron chi connectivity index (χ0n) is 19.7. The van der Waals surface area contributed by atoms with Gasteiger partial charge in [-0.1, -0.05) is 19.9 Å². The molecule has 3 atom stereocenters. The quantitative estimate of drug-likeness (QED) is 0.634. The molecule has 8 nitrogen and oxygen atoms in total. The minimum Gasteiger partial charge on any atom is -0.493 e. The Hall–Kier alpha value is -1.84. The molecule has 2 aliphatic rings. The van der Waals surface area contributed by atoms with Gasteiger partial charge in [-0.15, -0.1) is 0 Å². The highest BCUT2D eigenvalue weighted by molar-refractivity contribution is 7.86. The topological polar surface area (TPSA) is 88.2 Å². The number of hydrogen-bond donors (Lipinski definition) is 1. The molecule has 0 saturated carbocycles. The highest BCUT2D eigenvalue weighted by Crippen LogP contribution is 2.29. The maximum absolute atomic E-state index is 13.2. The number of benzene rings is 1. The average molecular weight is 468 g/mol. The van der Waals surface area contributed by atoms with Gasteiger partial charge in [-0.2, -0.15) is 17.0 Å². The third-order valence-electron chi connectivity index (χ3n) is 6.40. The number of nitrogens with one attached hydrogen (secondary N) is 1. The maximum atomic E-state index is 13.2. The summed E-state index contributed by atoms with van der Waals surface area (Å²) in [6.45, 7) is 6.54. The predicted molar refractivity (Wildman–Crippen MR) is 124 cm³/mol. The van der Waals surface area contributed by atoms with Crippen LogP contribution in [0.5, 0.6) is 11.5 Å². The lowest BCUT2D eigenvalue weighted by Crippen LogP contribution is -2.53. The first-order valence-corrected chi connectivity index (χ1v) is 12.9. The van der Waals surface area contributed by atoms with Crippen LogP contribution in [0.2, 0.25) is 0 Å². The van der Waals surface area contributed by atoms with Gasteiger partial charge in [0.25, 0.3) is 10.2 Å². The van der Waals surface area contributed by atoms with Gasteiger partial charge in [-0.3, -0.25) is 4.79 Å². The smallest absolute Gasteiger partial charge is 0.282 e. The Morgan fingerprint density at radius 1 is 1.06 bits per heavy atom. The standard InChI is InChI=1S/C23H37N3O5S/c1-17-12-18(2)15-26(14-17)32(28,29)25-11-5-6-20(16-25)23(27)24-10-9-19-7-8-21(30-3)22(13-19)31-4/h7-8,13,17-18,20H,5-6,9-12,14-16H2,1-4H3,(H,24,27)/t17-,18+,20-/m0/s1. The fraction of sp³-hybridized carbons (Fsp3) is 0.696. The van der Waals surface area contributed by atoms with E-state index in [0.29, 0.717) is 68.8 Å². The molecule has 2 saturated heterocycles. The summed E-state index contributed by atoms with van der Waals surface area (Å²) >= 11 is 0. The summed E-state index contributed by atoms with van der Waals surface area (Å²) in [6, 6.07) is 5.70. The van der Waals surface area contributed by atoms with Crippen LogP contribution in [-0.4, -0.2) is 69.9 Å². The average Bonchev–Trinajstić information content (AvgIpc) is 2.78. The Kier molecular flexibility index (Phi) is 8.41. The monoisotopic (exact) mass is 467 g/mol. The van der Waals surface area contributed by atoms with Crippen LogP contribution in [0.3, 0.4) is 0 Å². The second-order valence-corrected chi connectivity index (χ2v) is 11.1. The lowest BCUT2D eigenvalue weighted by Gasteiger charge is -2.39. The number of piperidine rings is 2. The Bertz CT molecular complexity index is 882. The van der Waals surface area contributed by atoms with Crippen LogP contribution < -0.4 is 14.8 Å². The summed E-state index contributed by atoms with van der Waals surface area (Å²) in [5.41, 5.74) is 1.03. The molecule has 32 heavy (non-hydrogen) atoms. The van der Waals surface area contributed by atoms with Crippen molar-refractivity contribution < 1.29 is 22.7 Å². The third kappa shape index (κ3) is 5.94. The van der Waals surface area contributed by atoms with Crippen molar-refractivity contribution in [3.05, 3.63) is 23.8 Å². The molecule has 0 radical (unpaired) electrons. The molecule has 0 unspecified atom stereocenters.